The summed E-state index contributed by atoms with van der Waals surface area (Å²) in [4.78, 5) is 3.97. The zero-order valence-corrected chi connectivity index (χ0v) is 12.5. The van der Waals surface area contributed by atoms with Gasteiger partial charge in [0.1, 0.15) is 10.8 Å². The van der Waals surface area contributed by atoms with Crippen LogP contribution in [-0.2, 0) is 0 Å². The summed E-state index contributed by atoms with van der Waals surface area (Å²) < 4.78 is 5.51. The maximum Gasteiger partial charge on any atom is 0.239 e. The van der Waals surface area contributed by atoms with E-state index in [0.717, 1.165) is 18.6 Å². The highest BCUT2D eigenvalue weighted by molar-refractivity contribution is 6.42. The molecular weight excluding hydrogens is 293 g/mol. The van der Waals surface area contributed by atoms with Gasteiger partial charge in [-0.1, -0.05) is 54.7 Å². The third-order valence-electron chi connectivity index (χ3n) is 2.03. The number of hydrogen-bond acceptors (Lipinski definition) is 2. The first-order valence-corrected chi connectivity index (χ1v) is 6.86. The summed E-state index contributed by atoms with van der Waals surface area (Å²) in [6.07, 6.45) is 7.85. The third-order valence-corrected chi connectivity index (χ3v) is 2.97. The first kappa shape index (κ1) is 15.4. The van der Waals surface area contributed by atoms with Gasteiger partial charge >= 0.3 is 0 Å². The molecule has 98 valence electrons. The number of rotatable bonds is 2. The Morgan fingerprint density at radius 3 is 2.44 bits per heavy atom. The highest BCUT2D eigenvalue weighted by Gasteiger charge is 2.10. The van der Waals surface area contributed by atoms with Gasteiger partial charge in [-0.2, -0.15) is 4.98 Å². The van der Waals surface area contributed by atoms with Gasteiger partial charge in [0, 0.05) is 0 Å². The van der Waals surface area contributed by atoms with Crippen molar-refractivity contribution >= 4 is 34.8 Å². The topological polar surface area (TPSA) is 22.1 Å². The summed E-state index contributed by atoms with van der Waals surface area (Å²) in [5, 5.41) is 0.836. The fourth-order valence-electron chi connectivity index (χ4n) is 1.28. The maximum atomic E-state index is 5.94. The van der Waals surface area contributed by atoms with Crippen molar-refractivity contribution in [2.24, 2.45) is 0 Å². The fraction of sp³-hybridized carbons (Fsp3) is 0.308. The molecule has 0 aromatic carbocycles. The van der Waals surface area contributed by atoms with Crippen LogP contribution in [0, 0.1) is 0 Å². The van der Waals surface area contributed by atoms with Gasteiger partial charge < -0.3 is 4.74 Å². The maximum absolute atomic E-state index is 5.94. The summed E-state index contributed by atoms with van der Waals surface area (Å²) in [6.45, 7) is 4.00. The van der Waals surface area contributed by atoms with E-state index in [1.807, 2.05) is 32.1 Å². The van der Waals surface area contributed by atoms with E-state index in [0.29, 0.717) is 10.0 Å². The second-order valence-electron chi connectivity index (χ2n) is 3.24. The molecule has 0 N–H and O–H groups in total. The Balaban J connectivity index is 0.000000771. The quantitative estimate of drug-likeness (QED) is 0.656. The van der Waals surface area contributed by atoms with Crippen molar-refractivity contribution in [2.45, 2.75) is 26.7 Å². The molecule has 0 radical (unpaired) electrons. The number of pyridine rings is 1. The number of nitrogens with zero attached hydrogens (tertiary/aromatic N) is 1. The monoisotopic (exact) mass is 305 g/mol. The van der Waals surface area contributed by atoms with Crippen LogP contribution in [0.1, 0.15) is 26.7 Å². The average Bonchev–Trinajstić information content (AvgIpc) is 2.39. The molecule has 5 heteroatoms. The molecule has 0 aliphatic heterocycles. The summed E-state index contributed by atoms with van der Waals surface area (Å²) in [5.41, 5.74) is 0. The molecule has 2 rings (SSSR count). The summed E-state index contributed by atoms with van der Waals surface area (Å²) >= 11 is 17.5. The first-order valence-electron chi connectivity index (χ1n) is 5.73. The summed E-state index contributed by atoms with van der Waals surface area (Å²) in [5.74, 6) is 0.993. The third kappa shape index (κ3) is 4.20. The standard InChI is InChI=1S/C11H8Cl3NO.C2H6/c12-8-6-9(13)11(15-10(8)14)16-7-4-2-1-3-5-7;1-2/h2,4-6H,1,3H2;1-2H3. The van der Waals surface area contributed by atoms with E-state index in [1.54, 1.807) is 0 Å². The van der Waals surface area contributed by atoms with Crippen LogP contribution in [0.15, 0.2) is 30.1 Å². The molecule has 0 saturated carbocycles. The normalized spacial score (nSPS) is 13.5. The minimum atomic E-state index is 0.182. The Hall–Kier alpha value is -0.700. The highest BCUT2D eigenvalue weighted by Crippen LogP contribution is 2.31. The lowest BCUT2D eigenvalue weighted by Gasteiger charge is -2.10. The largest absolute Gasteiger partial charge is 0.438 e. The van der Waals surface area contributed by atoms with Crippen LogP contribution in [0.5, 0.6) is 5.88 Å². The van der Waals surface area contributed by atoms with Gasteiger partial charge in [0.05, 0.1) is 5.02 Å². The Bertz CT molecular complexity index is 470. The number of halogens is 3. The lowest BCUT2D eigenvalue weighted by molar-refractivity contribution is 0.422. The number of aromatic nitrogens is 1. The molecule has 0 unspecified atom stereocenters. The number of hydrogen-bond donors (Lipinski definition) is 0. The molecule has 0 amide bonds. The van der Waals surface area contributed by atoms with E-state index in [2.05, 4.69) is 4.98 Å². The van der Waals surface area contributed by atoms with Gasteiger partial charge in [-0.25, -0.2) is 0 Å². The molecule has 0 spiro atoms. The minimum absolute atomic E-state index is 0.182. The van der Waals surface area contributed by atoms with Crippen molar-refractivity contribution in [3.8, 4) is 5.88 Å². The number of ether oxygens (including phenoxy) is 1. The Morgan fingerprint density at radius 2 is 1.83 bits per heavy atom. The van der Waals surface area contributed by atoms with Gasteiger partial charge in [0.25, 0.3) is 0 Å². The molecule has 0 atom stereocenters. The summed E-state index contributed by atoms with van der Waals surface area (Å²) in [6, 6.07) is 1.51. The van der Waals surface area contributed by atoms with E-state index >= 15 is 0 Å². The smallest absolute Gasteiger partial charge is 0.239 e. The Kier molecular flexibility index (Phi) is 6.55. The van der Waals surface area contributed by atoms with E-state index in [-0.39, 0.29) is 11.0 Å². The molecule has 1 aliphatic rings. The van der Waals surface area contributed by atoms with Crippen molar-refractivity contribution in [1.82, 2.24) is 4.98 Å². The lowest BCUT2D eigenvalue weighted by atomic mass is 10.2. The van der Waals surface area contributed by atoms with Crippen LogP contribution in [0.2, 0.25) is 15.2 Å². The van der Waals surface area contributed by atoms with Crippen LogP contribution < -0.4 is 4.74 Å². The summed E-state index contributed by atoms with van der Waals surface area (Å²) in [7, 11) is 0. The Morgan fingerprint density at radius 1 is 1.11 bits per heavy atom. The predicted molar refractivity (Wildman–Crippen MR) is 77.7 cm³/mol. The van der Waals surface area contributed by atoms with E-state index in [1.165, 1.54) is 6.07 Å². The molecule has 1 aromatic rings. The Labute approximate surface area is 122 Å². The van der Waals surface area contributed by atoms with Crippen LogP contribution in [-0.4, -0.2) is 4.98 Å². The van der Waals surface area contributed by atoms with Crippen LogP contribution >= 0.6 is 34.8 Å². The van der Waals surface area contributed by atoms with Gasteiger partial charge in [-0.3, -0.25) is 0 Å². The fourth-order valence-corrected chi connectivity index (χ4v) is 1.81. The van der Waals surface area contributed by atoms with Crippen molar-refractivity contribution in [3.63, 3.8) is 0 Å². The number of allylic oxidation sites excluding steroid dienone is 3. The zero-order chi connectivity index (χ0) is 13.5. The van der Waals surface area contributed by atoms with E-state index in [9.17, 15) is 0 Å². The lowest BCUT2D eigenvalue weighted by Crippen LogP contribution is -1.98. The molecule has 1 aromatic heterocycles. The molecule has 0 fully saturated rings. The molecule has 0 bridgehead atoms. The molecule has 0 saturated heterocycles. The van der Waals surface area contributed by atoms with E-state index < -0.39 is 0 Å². The van der Waals surface area contributed by atoms with Crippen molar-refractivity contribution in [2.75, 3.05) is 0 Å². The predicted octanol–water partition coefficient (Wildman–Crippen LogP) is 5.68. The van der Waals surface area contributed by atoms with Crippen molar-refractivity contribution in [3.05, 3.63) is 45.3 Å². The van der Waals surface area contributed by atoms with Crippen LogP contribution in [0.3, 0.4) is 0 Å². The van der Waals surface area contributed by atoms with Crippen LogP contribution in [0.4, 0.5) is 0 Å². The zero-order valence-electron chi connectivity index (χ0n) is 10.2. The second kappa shape index (κ2) is 7.67. The van der Waals surface area contributed by atoms with Crippen LogP contribution in [0.25, 0.3) is 0 Å². The SMILES string of the molecule is CC.Clc1cc(Cl)c(OC2=CCCC=C2)nc1Cl. The highest BCUT2D eigenvalue weighted by atomic mass is 35.5. The molecule has 1 heterocycles. The molecular formula is C13H14Cl3NO. The minimum Gasteiger partial charge on any atom is -0.438 e. The average molecular weight is 307 g/mol. The van der Waals surface area contributed by atoms with Gasteiger partial charge in [-0.05, 0) is 31.1 Å². The van der Waals surface area contributed by atoms with Gasteiger partial charge in [-0.15, -0.1) is 0 Å². The van der Waals surface area contributed by atoms with Gasteiger partial charge in [0.2, 0.25) is 5.88 Å². The molecule has 18 heavy (non-hydrogen) atoms. The molecule has 2 nitrogen and oxygen atoms in total. The first-order chi connectivity index (χ1) is 8.66. The molecule has 1 aliphatic carbocycles. The van der Waals surface area contributed by atoms with E-state index in [4.69, 9.17) is 39.5 Å². The second-order valence-corrected chi connectivity index (χ2v) is 4.41. The van der Waals surface area contributed by atoms with Crippen molar-refractivity contribution < 1.29 is 4.74 Å². The van der Waals surface area contributed by atoms with Crippen molar-refractivity contribution in [1.29, 1.82) is 0 Å². The van der Waals surface area contributed by atoms with Gasteiger partial charge in [0.15, 0.2) is 5.15 Å².